The second-order valence-electron chi connectivity index (χ2n) is 9.03. The molecule has 0 heterocycles. The number of benzene rings is 1. The lowest BCUT2D eigenvalue weighted by molar-refractivity contribution is -0.141. The summed E-state index contributed by atoms with van der Waals surface area (Å²) < 4.78 is 0. The number of carbonyl (C=O) groups excluding carboxylic acids is 2. The number of rotatable bonds is 1. The molecule has 0 saturated carbocycles. The summed E-state index contributed by atoms with van der Waals surface area (Å²) in [6.45, 7) is 12.3. The fraction of sp³-hybridized carbons (Fsp3) is 0.455. The Morgan fingerprint density at radius 1 is 0.917 bits per heavy atom. The zero-order valence-corrected chi connectivity index (χ0v) is 15.4. The summed E-state index contributed by atoms with van der Waals surface area (Å²) >= 11 is 0. The van der Waals surface area contributed by atoms with Gasteiger partial charge in [-0.2, -0.15) is 0 Å². The second-order valence-corrected chi connectivity index (χ2v) is 9.03. The number of carbonyl (C=O) groups is 2. The Morgan fingerprint density at radius 3 is 2.00 bits per heavy atom. The van der Waals surface area contributed by atoms with Crippen molar-refractivity contribution in [1.82, 2.24) is 0 Å². The molecule has 2 aliphatic carbocycles. The summed E-state index contributed by atoms with van der Waals surface area (Å²) in [5, 5.41) is 0. The van der Waals surface area contributed by atoms with Crippen LogP contribution in [0.15, 0.2) is 48.1 Å². The van der Waals surface area contributed by atoms with E-state index in [9.17, 15) is 9.59 Å². The number of hydrogen-bond acceptors (Lipinski definition) is 2. The predicted molar refractivity (Wildman–Crippen MR) is 97.3 cm³/mol. The molecule has 0 spiro atoms. The first-order valence-corrected chi connectivity index (χ1v) is 8.59. The summed E-state index contributed by atoms with van der Waals surface area (Å²) in [4.78, 5) is 26.6. The highest BCUT2D eigenvalue weighted by atomic mass is 16.2. The van der Waals surface area contributed by atoms with Crippen LogP contribution in [-0.2, 0) is 9.59 Å². The topological polar surface area (TPSA) is 34.1 Å². The van der Waals surface area contributed by atoms with Gasteiger partial charge in [0, 0.05) is 0 Å². The molecule has 0 aromatic heterocycles. The van der Waals surface area contributed by atoms with E-state index in [1.54, 1.807) is 6.08 Å². The van der Waals surface area contributed by atoms with Gasteiger partial charge in [-0.25, -0.2) is 0 Å². The minimum Gasteiger partial charge on any atom is -0.297 e. The molecule has 2 atom stereocenters. The summed E-state index contributed by atoms with van der Waals surface area (Å²) in [7, 11) is 0. The van der Waals surface area contributed by atoms with E-state index in [-0.39, 0.29) is 22.9 Å². The van der Waals surface area contributed by atoms with Gasteiger partial charge in [0.05, 0.1) is 5.92 Å². The van der Waals surface area contributed by atoms with Crippen LogP contribution < -0.4 is 0 Å². The van der Waals surface area contributed by atoms with Crippen molar-refractivity contribution >= 4 is 17.1 Å². The Kier molecular flexibility index (Phi) is 3.53. The first-order chi connectivity index (χ1) is 11.0. The third kappa shape index (κ3) is 2.16. The van der Waals surface area contributed by atoms with Crippen LogP contribution in [-0.4, -0.2) is 11.6 Å². The van der Waals surface area contributed by atoms with E-state index in [1.165, 1.54) is 0 Å². The molecule has 0 N–H and O–H groups in total. The minimum atomic E-state index is -1.03. The van der Waals surface area contributed by atoms with E-state index >= 15 is 0 Å². The van der Waals surface area contributed by atoms with Gasteiger partial charge in [-0.3, -0.25) is 9.59 Å². The molecule has 2 unspecified atom stereocenters. The lowest BCUT2D eigenvalue weighted by Gasteiger charge is -2.40. The van der Waals surface area contributed by atoms with Crippen LogP contribution in [0.4, 0.5) is 0 Å². The molecule has 0 aliphatic heterocycles. The van der Waals surface area contributed by atoms with Crippen molar-refractivity contribution in [3.8, 4) is 0 Å². The zero-order chi connectivity index (χ0) is 17.9. The Balaban J connectivity index is 2.29. The molecule has 3 rings (SSSR count). The molecule has 0 saturated heterocycles. The maximum Gasteiger partial charge on any atom is 0.173 e. The second kappa shape index (κ2) is 5.02. The molecule has 24 heavy (non-hydrogen) atoms. The average Bonchev–Trinajstić information content (AvgIpc) is 2.70. The molecular weight excluding hydrogens is 296 g/mol. The Bertz CT molecular complexity index is 766. The summed E-state index contributed by atoms with van der Waals surface area (Å²) in [6.07, 6.45) is 3.72. The number of ketones is 2. The van der Waals surface area contributed by atoms with Crippen molar-refractivity contribution in [2.45, 2.75) is 41.5 Å². The summed E-state index contributed by atoms with van der Waals surface area (Å²) in [6, 6.07) is 9.81. The normalized spacial score (nSPS) is 27.2. The number of fused-ring (bicyclic) bond motifs is 2. The molecule has 2 heteroatoms. The third-order valence-corrected chi connectivity index (χ3v) is 5.48. The highest BCUT2D eigenvalue weighted by molar-refractivity contribution is 6.26. The van der Waals surface area contributed by atoms with Crippen LogP contribution >= 0.6 is 0 Å². The molecule has 0 fully saturated rings. The fourth-order valence-corrected chi connectivity index (χ4v) is 4.08. The van der Waals surface area contributed by atoms with Crippen LogP contribution in [0, 0.1) is 22.2 Å². The van der Waals surface area contributed by atoms with E-state index in [4.69, 9.17) is 0 Å². The van der Waals surface area contributed by atoms with E-state index < -0.39 is 10.8 Å². The van der Waals surface area contributed by atoms with Gasteiger partial charge in [0.25, 0.3) is 0 Å². The van der Waals surface area contributed by atoms with Crippen molar-refractivity contribution in [3.63, 3.8) is 0 Å². The van der Waals surface area contributed by atoms with Crippen molar-refractivity contribution in [2.75, 3.05) is 0 Å². The highest BCUT2D eigenvalue weighted by Gasteiger charge is 2.62. The molecule has 2 nitrogen and oxygen atoms in total. The zero-order valence-electron chi connectivity index (χ0n) is 15.4. The average molecular weight is 322 g/mol. The molecule has 1 aromatic carbocycles. The van der Waals surface area contributed by atoms with Crippen LogP contribution in [0.2, 0.25) is 0 Å². The van der Waals surface area contributed by atoms with E-state index in [0.717, 1.165) is 16.7 Å². The van der Waals surface area contributed by atoms with Crippen molar-refractivity contribution < 1.29 is 9.59 Å². The standard InChI is InChI=1S/C22H26O2/c1-20(2,3)16-13-22(21(4,5)6)17(23)12-15(18(16)19(22)24)14-10-8-7-9-11-14/h7-13,18H,1-6H3. The van der Waals surface area contributed by atoms with Gasteiger partial charge in [0.2, 0.25) is 0 Å². The van der Waals surface area contributed by atoms with Crippen LogP contribution in [0.3, 0.4) is 0 Å². The van der Waals surface area contributed by atoms with Gasteiger partial charge in [-0.15, -0.1) is 0 Å². The summed E-state index contributed by atoms with van der Waals surface area (Å²) in [5.74, 6) is -0.343. The van der Waals surface area contributed by atoms with E-state index in [1.807, 2.05) is 57.2 Å². The van der Waals surface area contributed by atoms with E-state index in [0.29, 0.717) is 0 Å². The maximum atomic E-state index is 13.5. The van der Waals surface area contributed by atoms with Crippen LogP contribution in [0.1, 0.15) is 47.1 Å². The van der Waals surface area contributed by atoms with E-state index in [2.05, 4.69) is 20.8 Å². The predicted octanol–water partition coefficient (Wildman–Crippen LogP) is 4.86. The van der Waals surface area contributed by atoms with Gasteiger partial charge >= 0.3 is 0 Å². The van der Waals surface area contributed by atoms with Gasteiger partial charge in [0.15, 0.2) is 11.6 Å². The van der Waals surface area contributed by atoms with Crippen molar-refractivity contribution in [2.24, 2.45) is 22.2 Å². The molecule has 2 bridgehead atoms. The Hall–Kier alpha value is -1.96. The molecule has 2 aliphatic rings. The fourth-order valence-electron chi connectivity index (χ4n) is 4.08. The largest absolute Gasteiger partial charge is 0.297 e. The first kappa shape index (κ1) is 16.9. The number of allylic oxidation sites excluding steroid dienone is 4. The van der Waals surface area contributed by atoms with Gasteiger partial charge in [0.1, 0.15) is 5.41 Å². The monoisotopic (exact) mass is 322 g/mol. The molecule has 126 valence electrons. The highest BCUT2D eigenvalue weighted by Crippen LogP contribution is 2.58. The SMILES string of the molecule is CC(C)(C)C1=CC2(C(C)(C)C)C(=O)C=C(c3ccccc3)C1C2=O. The minimum absolute atomic E-state index is 0.0475. The lowest BCUT2D eigenvalue weighted by Crippen LogP contribution is -2.49. The Labute approximate surface area is 144 Å². The lowest BCUT2D eigenvalue weighted by atomic mass is 9.59. The maximum absolute atomic E-state index is 13.5. The smallest absolute Gasteiger partial charge is 0.173 e. The quantitative estimate of drug-likeness (QED) is 0.547. The number of hydrogen-bond donors (Lipinski definition) is 0. The molecular formula is C22H26O2. The molecule has 0 amide bonds. The van der Waals surface area contributed by atoms with Gasteiger partial charge in [-0.1, -0.05) is 83.5 Å². The van der Waals surface area contributed by atoms with Crippen LogP contribution in [0.25, 0.3) is 5.57 Å². The Morgan fingerprint density at radius 2 is 1.50 bits per heavy atom. The van der Waals surface area contributed by atoms with Crippen molar-refractivity contribution in [3.05, 3.63) is 53.6 Å². The van der Waals surface area contributed by atoms with Crippen molar-refractivity contribution in [1.29, 1.82) is 0 Å². The number of Topliss-reactive ketones (excluding diaryl/α,β-unsaturated/α-hetero) is 1. The van der Waals surface area contributed by atoms with Crippen LogP contribution in [0.5, 0.6) is 0 Å². The third-order valence-electron chi connectivity index (χ3n) is 5.48. The summed E-state index contributed by atoms with van der Waals surface area (Å²) in [5.41, 5.74) is 1.26. The first-order valence-electron chi connectivity index (χ1n) is 8.59. The van der Waals surface area contributed by atoms with Gasteiger partial charge in [-0.05, 0) is 28.0 Å². The van der Waals surface area contributed by atoms with Gasteiger partial charge < -0.3 is 0 Å². The molecule has 1 aromatic rings. The molecule has 0 radical (unpaired) electrons.